The average molecular weight is 343 g/mol. The SMILES string of the molecule is COCCCOc1cccc(C(=O)Nc2ccc(CC(=O)O)cc2)c1. The summed E-state index contributed by atoms with van der Waals surface area (Å²) in [6.45, 7) is 1.14. The number of carbonyl (C=O) groups excluding carboxylic acids is 1. The van der Waals surface area contributed by atoms with Crippen molar-refractivity contribution in [2.24, 2.45) is 0 Å². The van der Waals surface area contributed by atoms with Crippen molar-refractivity contribution in [3.63, 3.8) is 0 Å². The zero-order valence-corrected chi connectivity index (χ0v) is 14.0. The van der Waals surface area contributed by atoms with E-state index in [0.717, 1.165) is 6.42 Å². The summed E-state index contributed by atoms with van der Waals surface area (Å²) in [5.41, 5.74) is 1.77. The van der Waals surface area contributed by atoms with Crippen molar-refractivity contribution in [3.8, 4) is 5.75 Å². The third-order valence-electron chi connectivity index (χ3n) is 3.42. The largest absolute Gasteiger partial charge is 0.493 e. The van der Waals surface area contributed by atoms with Crippen LogP contribution in [0.15, 0.2) is 48.5 Å². The van der Waals surface area contributed by atoms with Gasteiger partial charge < -0.3 is 19.9 Å². The van der Waals surface area contributed by atoms with Crippen molar-refractivity contribution in [1.29, 1.82) is 0 Å². The van der Waals surface area contributed by atoms with Gasteiger partial charge >= 0.3 is 5.97 Å². The molecule has 0 spiro atoms. The Balaban J connectivity index is 1.94. The molecule has 2 rings (SSSR count). The van der Waals surface area contributed by atoms with Crippen LogP contribution in [-0.2, 0) is 16.0 Å². The second kappa shape index (κ2) is 9.44. The van der Waals surface area contributed by atoms with Crippen LogP contribution >= 0.6 is 0 Å². The van der Waals surface area contributed by atoms with Crippen molar-refractivity contribution in [2.75, 3.05) is 25.6 Å². The molecule has 132 valence electrons. The molecule has 2 N–H and O–H groups in total. The Morgan fingerprint density at radius 1 is 1.08 bits per heavy atom. The van der Waals surface area contributed by atoms with E-state index in [1.807, 2.05) is 0 Å². The molecule has 0 saturated heterocycles. The molecule has 1 amide bonds. The van der Waals surface area contributed by atoms with Gasteiger partial charge in [-0.1, -0.05) is 18.2 Å². The number of ether oxygens (including phenoxy) is 2. The first-order valence-electron chi connectivity index (χ1n) is 7.92. The average Bonchev–Trinajstić information content (AvgIpc) is 2.60. The number of carbonyl (C=O) groups is 2. The van der Waals surface area contributed by atoms with Crippen LogP contribution < -0.4 is 10.1 Å². The number of anilines is 1. The third kappa shape index (κ3) is 6.27. The number of carboxylic acid groups (broad SMARTS) is 1. The van der Waals surface area contributed by atoms with E-state index in [0.29, 0.717) is 35.8 Å². The molecule has 0 atom stereocenters. The first-order valence-corrected chi connectivity index (χ1v) is 7.92. The lowest BCUT2D eigenvalue weighted by Crippen LogP contribution is -2.12. The number of benzene rings is 2. The maximum Gasteiger partial charge on any atom is 0.307 e. The zero-order chi connectivity index (χ0) is 18.1. The molecule has 0 radical (unpaired) electrons. The topological polar surface area (TPSA) is 84.9 Å². The lowest BCUT2D eigenvalue weighted by Gasteiger charge is -2.09. The number of rotatable bonds is 9. The lowest BCUT2D eigenvalue weighted by atomic mass is 10.1. The Bertz CT molecular complexity index is 712. The van der Waals surface area contributed by atoms with Gasteiger partial charge in [-0.3, -0.25) is 9.59 Å². The lowest BCUT2D eigenvalue weighted by molar-refractivity contribution is -0.136. The van der Waals surface area contributed by atoms with E-state index in [4.69, 9.17) is 14.6 Å². The molecule has 0 heterocycles. The monoisotopic (exact) mass is 343 g/mol. The van der Waals surface area contributed by atoms with E-state index < -0.39 is 5.97 Å². The Morgan fingerprint density at radius 3 is 2.52 bits per heavy atom. The number of methoxy groups -OCH3 is 1. The van der Waals surface area contributed by atoms with Crippen LogP contribution in [0.1, 0.15) is 22.3 Å². The smallest absolute Gasteiger partial charge is 0.307 e. The van der Waals surface area contributed by atoms with Crippen molar-refractivity contribution >= 4 is 17.6 Å². The summed E-state index contributed by atoms with van der Waals surface area (Å²) in [4.78, 5) is 23.0. The summed E-state index contributed by atoms with van der Waals surface area (Å²) < 4.78 is 10.5. The fourth-order valence-electron chi connectivity index (χ4n) is 2.20. The van der Waals surface area contributed by atoms with E-state index >= 15 is 0 Å². The minimum Gasteiger partial charge on any atom is -0.493 e. The number of nitrogens with one attached hydrogen (secondary N) is 1. The van der Waals surface area contributed by atoms with Crippen LogP contribution in [0, 0.1) is 0 Å². The molecule has 6 heteroatoms. The summed E-state index contributed by atoms with van der Waals surface area (Å²) in [6.07, 6.45) is 0.728. The summed E-state index contributed by atoms with van der Waals surface area (Å²) >= 11 is 0. The minimum atomic E-state index is -0.890. The standard InChI is InChI=1S/C19H21NO5/c1-24-10-3-11-25-17-5-2-4-15(13-17)19(23)20-16-8-6-14(7-9-16)12-18(21)22/h2,4-9,13H,3,10-12H2,1H3,(H,20,23)(H,21,22). The molecule has 2 aromatic carbocycles. The van der Waals surface area contributed by atoms with Gasteiger partial charge in [0, 0.05) is 31.4 Å². The van der Waals surface area contributed by atoms with Gasteiger partial charge in [-0.2, -0.15) is 0 Å². The molecule has 0 bridgehead atoms. The summed E-state index contributed by atoms with van der Waals surface area (Å²) in [6, 6.07) is 13.7. The van der Waals surface area contributed by atoms with Gasteiger partial charge in [-0.15, -0.1) is 0 Å². The number of aliphatic carboxylic acids is 1. The van der Waals surface area contributed by atoms with Gasteiger partial charge in [0.1, 0.15) is 5.75 Å². The molecule has 0 aromatic heterocycles. The predicted molar refractivity (Wildman–Crippen MR) is 94.2 cm³/mol. The van der Waals surface area contributed by atoms with Crippen molar-refractivity contribution < 1.29 is 24.2 Å². The molecule has 0 aliphatic carbocycles. The van der Waals surface area contributed by atoms with Crippen molar-refractivity contribution in [3.05, 3.63) is 59.7 Å². The van der Waals surface area contributed by atoms with Gasteiger partial charge in [-0.25, -0.2) is 0 Å². The predicted octanol–water partition coefficient (Wildman–Crippen LogP) is 2.98. The zero-order valence-electron chi connectivity index (χ0n) is 14.0. The molecule has 25 heavy (non-hydrogen) atoms. The highest BCUT2D eigenvalue weighted by molar-refractivity contribution is 6.04. The van der Waals surface area contributed by atoms with Gasteiger partial charge in [0.2, 0.25) is 0 Å². The Labute approximate surface area is 146 Å². The highest BCUT2D eigenvalue weighted by Gasteiger charge is 2.08. The van der Waals surface area contributed by atoms with Crippen molar-refractivity contribution in [1.82, 2.24) is 0 Å². The van der Waals surface area contributed by atoms with Gasteiger partial charge in [0.15, 0.2) is 0 Å². The van der Waals surface area contributed by atoms with Crippen LogP contribution in [0.5, 0.6) is 5.75 Å². The minimum absolute atomic E-state index is 0.0450. The maximum absolute atomic E-state index is 12.3. The molecule has 0 aliphatic heterocycles. The van der Waals surface area contributed by atoms with Crippen LogP contribution in [0.2, 0.25) is 0 Å². The number of amides is 1. The molecule has 0 fully saturated rings. The van der Waals surface area contributed by atoms with Crippen LogP contribution in [0.3, 0.4) is 0 Å². The summed E-state index contributed by atoms with van der Waals surface area (Å²) in [5.74, 6) is -0.520. The van der Waals surface area contributed by atoms with E-state index in [-0.39, 0.29) is 12.3 Å². The van der Waals surface area contributed by atoms with Gasteiger partial charge in [0.25, 0.3) is 5.91 Å². The quantitative estimate of drug-likeness (QED) is 0.684. The molecule has 2 aromatic rings. The highest BCUT2D eigenvalue weighted by Crippen LogP contribution is 2.16. The molecule has 0 saturated carbocycles. The first kappa shape index (κ1) is 18.5. The van der Waals surface area contributed by atoms with E-state index in [1.54, 1.807) is 55.6 Å². The molecule has 6 nitrogen and oxygen atoms in total. The summed E-state index contributed by atoms with van der Waals surface area (Å²) in [7, 11) is 1.64. The number of hydrogen-bond donors (Lipinski definition) is 2. The van der Waals surface area contributed by atoms with Crippen LogP contribution in [0.4, 0.5) is 5.69 Å². The molecular formula is C19H21NO5. The van der Waals surface area contributed by atoms with Crippen LogP contribution in [-0.4, -0.2) is 37.3 Å². The number of hydrogen-bond acceptors (Lipinski definition) is 4. The van der Waals surface area contributed by atoms with Gasteiger partial charge in [0.05, 0.1) is 13.0 Å². The first-order chi connectivity index (χ1) is 12.1. The fourth-order valence-corrected chi connectivity index (χ4v) is 2.20. The highest BCUT2D eigenvalue weighted by atomic mass is 16.5. The molecule has 0 unspecified atom stereocenters. The molecular weight excluding hydrogens is 322 g/mol. The second-order valence-electron chi connectivity index (χ2n) is 5.44. The van der Waals surface area contributed by atoms with E-state index in [1.165, 1.54) is 0 Å². The van der Waals surface area contributed by atoms with E-state index in [2.05, 4.69) is 5.32 Å². The normalized spacial score (nSPS) is 10.3. The maximum atomic E-state index is 12.3. The number of carboxylic acids is 1. The molecule has 0 aliphatic rings. The Kier molecular flexibility index (Phi) is 6.98. The third-order valence-corrected chi connectivity index (χ3v) is 3.42. The van der Waals surface area contributed by atoms with Crippen molar-refractivity contribution in [2.45, 2.75) is 12.8 Å². The Morgan fingerprint density at radius 2 is 1.84 bits per heavy atom. The summed E-state index contributed by atoms with van der Waals surface area (Å²) in [5, 5.41) is 11.5. The van der Waals surface area contributed by atoms with E-state index in [9.17, 15) is 9.59 Å². The van der Waals surface area contributed by atoms with Gasteiger partial charge in [-0.05, 0) is 35.9 Å². The second-order valence-corrected chi connectivity index (χ2v) is 5.44. The van der Waals surface area contributed by atoms with Crippen LogP contribution in [0.25, 0.3) is 0 Å². The Hall–Kier alpha value is -2.86. The fraction of sp³-hybridized carbons (Fsp3) is 0.263.